The molecule has 0 saturated carbocycles. The monoisotopic (exact) mass is 358 g/mol. The predicted octanol–water partition coefficient (Wildman–Crippen LogP) is 4.01. The van der Waals surface area contributed by atoms with Crippen molar-refractivity contribution in [3.8, 4) is 0 Å². The Morgan fingerprint density at radius 1 is 1.42 bits per heavy atom. The molecule has 6 heteroatoms. The van der Waals surface area contributed by atoms with Gasteiger partial charge in [-0.2, -0.15) is 0 Å². The van der Waals surface area contributed by atoms with Gasteiger partial charge in [-0.3, -0.25) is 9.59 Å². The molecule has 1 atom stereocenters. The number of fused-ring (bicyclic) bond motifs is 1. The van der Waals surface area contributed by atoms with Crippen molar-refractivity contribution in [3.05, 3.63) is 58.8 Å². The average molecular weight is 358 g/mol. The molecule has 1 unspecified atom stereocenters. The van der Waals surface area contributed by atoms with Crippen LogP contribution in [-0.2, 0) is 11.3 Å². The Morgan fingerprint density at radius 2 is 2.25 bits per heavy atom. The smallest absolute Gasteiger partial charge is 0.254 e. The minimum Gasteiger partial charge on any atom is -0.330 e. The maximum absolute atomic E-state index is 12.9. The second-order valence-electron chi connectivity index (χ2n) is 5.51. The summed E-state index contributed by atoms with van der Waals surface area (Å²) in [6, 6.07) is 9.48. The van der Waals surface area contributed by atoms with Gasteiger partial charge < -0.3 is 10.2 Å². The van der Waals surface area contributed by atoms with Crippen LogP contribution < -0.4 is 5.32 Å². The van der Waals surface area contributed by atoms with Gasteiger partial charge in [0, 0.05) is 21.9 Å². The van der Waals surface area contributed by atoms with Crippen LogP contribution in [0.4, 0.5) is 5.69 Å². The Labute approximate surface area is 149 Å². The number of carbonyl (C=O) groups is 2. The van der Waals surface area contributed by atoms with Crippen LogP contribution in [0.15, 0.2) is 53.3 Å². The van der Waals surface area contributed by atoms with Crippen molar-refractivity contribution < 1.29 is 9.59 Å². The molecule has 0 fully saturated rings. The van der Waals surface area contributed by atoms with Crippen molar-refractivity contribution in [1.29, 1.82) is 0 Å². The van der Waals surface area contributed by atoms with Gasteiger partial charge >= 0.3 is 0 Å². The summed E-state index contributed by atoms with van der Waals surface area (Å²) in [5.74, 6) is -0.0948. The Balaban J connectivity index is 1.83. The van der Waals surface area contributed by atoms with E-state index < -0.39 is 0 Å². The normalized spacial score (nSPS) is 16.2. The molecule has 1 aliphatic heterocycles. The third-order valence-corrected chi connectivity index (χ3v) is 5.76. The number of amides is 2. The summed E-state index contributed by atoms with van der Waals surface area (Å²) < 4.78 is 0. The summed E-state index contributed by atoms with van der Waals surface area (Å²) in [6.45, 7) is 6.64. The summed E-state index contributed by atoms with van der Waals surface area (Å²) >= 11 is 3.14. The van der Waals surface area contributed by atoms with Crippen LogP contribution in [0.3, 0.4) is 0 Å². The second kappa shape index (κ2) is 7.23. The number of nitrogens with zero attached hydrogens (tertiary/aromatic N) is 1. The van der Waals surface area contributed by atoms with E-state index in [-0.39, 0.29) is 17.1 Å². The Morgan fingerprint density at radius 3 is 2.96 bits per heavy atom. The molecule has 4 nitrogen and oxygen atoms in total. The molecule has 1 aromatic heterocycles. The van der Waals surface area contributed by atoms with Crippen LogP contribution in [-0.4, -0.2) is 28.5 Å². The molecule has 0 bridgehead atoms. The maximum atomic E-state index is 12.9. The van der Waals surface area contributed by atoms with E-state index >= 15 is 0 Å². The summed E-state index contributed by atoms with van der Waals surface area (Å²) in [7, 11) is 0. The van der Waals surface area contributed by atoms with Gasteiger partial charge in [0.25, 0.3) is 5.91 Å². The average Bonchev–Trinajstić information content (AvgIpc) is 3.07. The first kappa shape index (κ1) is 16.8. The largest absolute Gasteiger partial charge is 0.330 e. The molecule has 0 spiro atoms. The lowest BCUT2D eigenvalue weighted by Crippen LogP contribution is -2.31. The van der Waals surface area contributed by atoms with Crippen molar-refractivity contribution in [3.63, 3.8) is 0 Å². The van der Waals surface area contributed by atoms with Crippen LogP contribution in [0.25, 0.3) is 0 Å². The van der Waals surface area contributed by atoms with E-state index in [4.69, 9.17) is 0 Å². The van der Waals surface area contributed by atoms with Gasteiger partial charge in [-0.1, -0.05) is 12.1 Å². The van der Waals surface area contributed by atoms with Crippen LogP contribution in [0.5, 0.6) is 0 Å². The highest BCUT2D eigenvalue weighted by molar-refractivity contribution is 8.00. The first-order valence-corrected chi connectivity index (χ1v) is 9.38. The molecule has 3 rings (SSSR count). The third-order valence-electron chi connectivity index (χ3n) is 3.72. The lowest BCUT2D eigenvalue weighted by Gasteiger charge is -2.24. The van der Waals surface area contributed by atoms with Crippen molar-refractivity contribution in [2.45, 2.75) is 23.6 Å². The molecule has 1 aliphatic rings. The standard InChI is InChI=1S/C18H18N2O2S2/c1-3-8-20(11-14-5-4-9-23-14)18(22)13-6-7-16-15(10-13)19-17(21)12(2)24-16/h3-7,9-10,12H,1,8,11H2,2H3,(H,19,21). The maximum Gasteiger partial charge on any atom is 0.254 e. The summed E-state index contributed by atoms with van der Waals surface area (Å²) in [4.78, 5) is 28.6. The number of benzene rings is 1. The van der Waals surface area contributed by atoms with Gasteiger partial charge in [-0.25, -0.2) is 0 Å². The number of thiophene rings is 1. The van der Waals surface area contributed by atoms with Gasteiger partial charge in [-0.15, -0.1) is 29.7 Å². The third kappa shape index (κ3) is 3.55. The molecule has 1 N–H and O–H groups in total. The minimum absolute atomic E-state index is 0.0290. The molecular weight excluding hydrogens is 340 g/mol. The highest BCUT2D eigenvalue weighted by Gasteiger charge is 2.24. The van der Waals surface area contributed by atoms with Gasteiger partial charge in [-0.05, 0) is 36.6 Å². The van der Waals surface area contributed by atoms with Gasteiger partial charge in [0.2, 0.25) is 5.91 Å². The molecule has 2 heterocycles. The van der Waals surface area contributed by atoms with Crippen molar-refractivity contribution in [2.24, 2.45) is 0 Å². The van der Waals surface area contributed by atoms with Crippen LogP contribution in [0.2, 0.25) is 0 Å². The van der Waals surface area contributed by atoms with Gasteiger partial charge in [0.1, 0.15) is 0 Å². The highest BCUT2D eigenvalue weighted by atomic mass is 32.2. The van der Waals surface area contributed by atoms with E-state index in [2.05, 4.69) is 11.9 Å². The summed E-state index contributed by atoms with van der Waals surface area (Å²) in [5.41, 5.74) is 1.28. The number of anilines is 1. The minimum atomic E-state index is -0.116. The first-order chi connectivity index (χ1) is 11.6. The zero-order valence-corrected chi connectivity index (χ0v) is 15.0. The number of rotatable bonds is 5. The molecular formula is C18H18N2O2S2. The Hall–Kier alpha value is -2.05. The molecule has 1 aromatic carbocycles. The SMILES string of the molecule is C=CCN(Cc1cccs1)C(=O)c1ccc2c(c1)NC(=O)C(C)S2. The van der Waals surface area contributed by atoms with Crippen LogP contribution >= 0.6 is 23.1 Å². The zero-order valence-electron chi connectivity index (χ0n) is 13.3. The van der Waals surface area contributed by atoms with E-state index in [0.717, 1.165) is 9.77 Å². The molecule has 2 amide bonds. The predicted molar refractivity (Wildman–Crippen MR) is 99.6 cm³/mol. The Kier molecular flexibility index (Phi) is 5.06. The van der Waals surface area contributed by atoms with Crippen LogP contribution in [0, 0.1) is 0 Å². The van der Waals surface area contributed by atoms with Crippen molar-refractivity contribution >= 4 is 40.6 Å². The zero-order chi connectivity index (χ0) is 17.1. The topological polar surface area (TPSA) is 49.4 Å². The highest BCUT2D eigenvalue weighted by Crippen LogP contribution is 2.36. The fourth-order valence-corrected chi connectivity index (χ4v) is 4.14. The lowest BCUT2D eigenvalue weighted by atomic mass is 10.1. The van der Waals surface area contributed by atoms with Crippen LogP contribution in [0.1, 0.15) is 22.2 Å². The van der Waals surface area contributed by atoms with Gasteiger partial charge in [0.15, 0.2) is 0 Å². The first-order valence-electron chi connectivity index (χ1n) is 7.62. The Bertz CT molecular complexity index is 771. The molecule has 0 aliphatic carbocycles. The van der Waals surface area contributed by atoms with E-state index in [9.17, 15) is 9.59 Å². The lowest BCUT2D eigenvalue weighted by molar-refractivity contribution is -0.115. The van der Waals surface area contributed by atoms with E-state index in [1.54, 1.807) is 28.4 Å². The fraction of sp³-hybridized carbons (Fsp3) is 0.222. The second-order valence-corrected chi connectivity index (χ2v) is 7.93. The van der Waals surface area contributed by atoms with E-state index in [0.29, 0.717) is 24.3 Å². The van der Waals surface area contributed by atoms with E-state index in [1.165, 1.54) is 11.8 Å². The quantitative estimate of drug-likeness (QED) is 0.822. The fourth-order valence-electron chi connectivity index (χ4n) is 2.49. The number of carbonyl (C=O) groups excluding carboxylic acids is 2. The van der Waals surface area contributed by atoms with Crippen molar-refractivity contribution in [2.75, 3.05) is 11.9 Å². The molecule has 0 radical (unpaired) electrons. The number of hydrogen-bond donors (Lipinski definition) is 1. The number of thioether (sulfide) groups is 1. The van der Waals surface area contributed by atoms with Crippen molar-refractivity contribution in [1.82, 2.24) is 4.90 Å². The molecule has 124 valence electrons. The molecule has 0 saturated heterocycles. The van der Waals surface area contributed by atoms with E-state index in [1.807, 2.05) is 36.6 Å². The summed E-state index contributed by atoms with van der Waals surface area (Å²) in [5, 5.41) is 4.76. The van der Waals surface area contributed by atoms with Gasteiger partial charge in [0.05, 0.1) is 17.5 Å². The molecule has 24 heavy (non-hydrogen) atoms. The summed E-state index contributed by atoms with van der Waals surface area (Å²) in [6.07, 6.45) is 1.73. The number of nitrogens with one attached hydrogen (secondary N) is 1. The molecule has 2 aromatic rings. The number of hydrogen-bond acceptors (Lipinski definition) is 4.